The number of ether oxygens (including phenoxy) is 1. The van der Waals surface area contributed by atoms with E-state index in [1.807, 2.05) is 17.5 Å². The molecule has 0 radical (unpaired) electrons. The summed E-state index contributed by atoms with van der Waals surface area (Å²) in [5.74, 6) is 0.194. The number of thiophene rings is 1. The fourth-order valence-corrected chi connectivity index (χ4v) is 3.16. The predicted octanol–water partition coefficient (Wildman–Crippen LogP) is 4.19. The molecule has 0 saturated carbocycles. The number of rotatable bonds is 6. The minimum absolute atomic E-state index is 0.158. The quantitative estimate of drug-likeness (QED) is 0.687. The number of carbonyl (C=O) groups excluding carboxylic acids is 2. The van der Waals surface area contributed by atoms with Crippen molar-refractivity contribution < 1.29 is 14.3 Å². The second-order valence-corrected chi connectivity index (χ2v) is 6.57. The maximum Gasteiger partial charge on any atom is 0.257 e. The van der Waals surface area contributed by atoms with Crippen LogP contribution in [-0.4, -0.2) is 18.9 Å². The van der Waals surface area contributed by atoms with Crippen LogP contribution in [0.3, 0.4) is 0 Å². The molecule has 6 heteroatoms. The topological polar surface area (TPSA) is 67.4 Å². The smallest absolute Gasteiger partial charge is 0.257 e. The van der Waals surface area contributed by atoms with Gasteiger partial charge in [0, 0.05) is 16.6 Å². The Morgan fingerprint density at radius 3 is 2.62 bits per heavy atom. The SMILES string of the molecule is COc1cccc(NC(=O)c2ccccc2NC(=O)Cc2cccs2)c1. The molecule has 0 bridgehead atoms. The lowest BCUT2D eigenvalue weighted by Crippen LogP contribution is -2.19. The Kier molecular flexibility index (Phi) is 5.66. The fourth-order valence-electron chi connectivity index (χ4n) is 2.46. The van der Waals surface area contributed by atoms with Crippen molar-refractivity contribution in [2.24, 2.45) is 0 Å². The summed E-state index contributed by atoms with van der Waals surface area (Å²) in [4.78, 5) is 25.8. The van der Waals surface area contributed by atoms with Crippen LogP contribution in [0.4, 0.5) is 11.4 Å². The van der Waals surface area contributed by atoms with Gasteiger partial charge in [-0.3, -0.25) is 9.59 Å². The van der Waals surface area contributed by atoms with Crippen molar-refractivity contribution in [2.45, 2.75) is 6.42 Å². The average Bonchev–Trinajstić information content (AvgIpc) is 3.15. The highest BCUT2D eigenvalue weighted by atomic mass is 32.1. The van der Waals surface area contributed by atoms with Crippen LogP contribution in [0, 0.1) is 0 Å². The van der Waals surface area contributed by atoms with Gasteiger partial charge in [0.2, 0.25) is 5.91 Å². The first-order chi connectivity index (χ1) is 12.7. The van der Waals surface area contributed by atoms with Crippen LogP contribution in [0.2, 0.25) is 0 Å². The van der Waals surface area contributed by atoms with Crippen molar-refractivity contribution in [3.8, 4) is 5.75 Å². The van der Waals surface area contributed by atoms with E-state index in [9.17, 15) is 9.59 Å². The molecule has 3 rings (SSSR count). The first kappa shape index (κ1) is 17.7. The van der Waals surface area contributed by atoms with Crippen molar-refractivity contribution in [3.05, 3.63) is 76.5 Å². The first-order valence-electron chi connectivity index (χ1n) is 8.02. The van der Waals surface area contributed by atoms with E-state index in [1.54, 1.807) is 55.6 Å². The van der Waals surface area contributed by atoms with E-state index in [0.717, 1.165) is 4.88 Å². The highest BCUT2D eigenvalue weighted by Crippen LogP contribution is 2.21. The number of hydrogen-bond acceptors (Lipinski definition) is 4. The molecule has 2 amide bonds. The van der Waals surface area contributed by atoms with Crippen molar-refractivity contribution in [2.75, 3.05) is 17.7 Å². The lowest BCUT2D eigenvalue weighted by molar-refractivity contribution is -0.115. The Hall–Kier alpha value is -3.12. The van der Waals surface area contributed by atoms with Gasteiger partial charge in [0.25, 0.3) is 5.91 Å². The number of carbonyl (C=O) groups is 2. The summed E-state index contributed by atoms with van der Waals surface area (Å²) >= 11 is 1.53. The maximum atomic E-state index is 12.6. The Balaban J connectivity index is 1.73. The summed E-state index contributed by atoms with van der Waals surface area (Å²) in [5, 5.41) is 7.57. The lowest BCUT2D eigenvalue weighted by Gasteiger charge is -2.12. The second-order valence-electron chi connectivity index (χ2n) is 5.54. The number of benzene rings is 2. The molecule has 2 N–H and O–H groups in total. The van der Waals surface area contributed by atoms with Crippen LogP contribution in [0.1, 0.15) is 15.2 Å². The van der Waals surface area contributed by atoms with Gasteiger partial charge in [0.05, 0.1) is 24.8 Å². The number of anilines is 2. The summed E-state index contributed by atoms with van der Waals surface area (Å²) < 4.78 is 5.16. The summed E-state index contributed by atoms with van der Waals surface area (Å²) in [6.45, 7) is 0. The second kappa shape index (κ2) is 8.31. The maximum absolute atomic E-state index is 12.6. The number of hydrogen-bond donors (Lipinski definition) is 2. The highest BCUT2D eigenvalue weighted by Gasteiger charge is 2.14. The van der Waals surface area contributed by atoms with E-state index in [-0.39, 0.29) is 18.2 Å². The molecule has 3 aromatic rings. The van der Waals surface area contributed by atoms with Crippen LogP contribution in [0.5, 0.6) is 5.75 Å². The summed E-state index contributed by atoms with van der Waals surface area (Å²) in [5.41, 5.74) is 1.50. The van der Waals surface area contributed by atoms with Gasteiger partial charge in [-0.05, 0) is 35.7 Å². The van der Waals surface area contributed by atoms with Crippen LogP contribution in [0.15, 0.2) is 66.0 Å². The Bertz CT molecular complexity index is 907. The molecule has 5 nitrogen and oxygen atoms in total. The molecule has 0 aliphatic carbocycles. The molecular weight excluding hydrogens is 348 g/mol. The van der Waals surface area contributed by atoms with Crippen LogP contribution >= 0.6 is 11.3 Å². The molecule has 0 aliphatic heterocycles. The zero-order valence-corrected chi connectivity index (χ0v) is 15.0. The first-order valence-corrected chi connectivity index (χ1v) is 8.90. The van der Waals surface area contributed by atoms with E-state index in [0.29, 0.717) is 22.7 Å². The molecule has 26 heavy (non-hydrogen) atoms. The number of methoxy groups -OCH3 is 1. The number of amides is 2. The van der Waals surface area contributed by atoms with Gasteiger partial charge in [0.1, 0.15) is 5.75 Å². The van der Waals surface area contributed by atoms with Crippen molar-refractivity contribution in [3.63, 3.8) is 0 Å². The molecule has 1 aromatic heterocycles. The highest BCUT2D eigenvalue weighted by molar-refractivity contribution is 7.10. The van der Waals surface area contributed by atoms with Crippen LogP contribution in [0.25, 0.3) is 0 Å². The van der Waals surface area contributed by atoms with E-state index in [2.05, 4.69) is 10.6 Å². The molecule has 0 unspecified atom stereocenters. The van der Waals surface area contributed by atoms with E-state index < -0.39 is 0 Å². The third kappa shape index (κ3) is 4.49. The zero-order chi connectivity index (χ0) is 18.4. The largest absolute Gasteiger partial charge is 0.497 e. The van der Waals surface area contributed by atoms with Crippen LogP contribution in [-0.2, 0) is 11.2 Å². The number of para-hydroxylation sites is 1. The van der Waals surface area contributed by atoms with Crippen molar-refractivity contribution in [1.82, 2.24) is 0 Å². The summed E-state index contributed by atoms with van der Waals surface area (Å²) in [6.07, 6.45) is 0.281. The third-order valence-electron chi connectivity index (χ3n) is 3.69. The molecule has 1 heterocycles. The molecule has 0 saturated heterocycles. The van der Waals surface area contributed by atoms with Crippen molar-refractivity contribution >= 4 is 34.5 Å². The minimum Gasteiger partial charge on any atom is -0.497 e. The van der Waals surface area contributed by atoms with E-state index in [4.69, 9.17) is 4.74 Å². The zero-order valence-electron chi connectivity index (χ0n) is 14.2. The summed E-state index contributed by atoms with van der Waals surface area (Å²) in [7, 11) is 1.57. The Labute approximate surface area is 155 Å². The average molecular weight is 366 g/mol. The van der Waals surface area contributed by atoms with Gasteiger partial charge in [-0.25, -0.2) is 0 Å². The van der Waals surface area contributed by atoms with Crippen LogP contribution < -0.4 is 15.4 Å². The Morgan fingerprint density at radius 1 is 1.00 bits per heavy atom. The van der Waals surface area contributed by atoms with E-state index in [1.165, 1.54) is 11.3 Å². The molecule has 0 atom stereocenters. The van der Waals surface area contributed by atoms with Gasteiger partial charge in [-0.2, -0.15) is 0 Å². The Morgan fingerprint density at radius 2 is 1.85 bits per heavy atom. The normalized spacial score (nSPS) is 10.2. The van der Waals surface area contributed by atoms with Gasteiger partial charge in [-0.15, -0.1) is 11.3 Å². The van der Waals surface area contributed by atoms with Gasteiger partial charge < -0.3 is 15.4 Å². The van der Waals surface area contributed by atoms with Gasteiger partial charge in [-0.1, -0.05) is 24.3 Å². The monoisotopic (exact) mass is 366 g/mol. The van der Waals surface area contributed by atoms with Gasteiger partial charge >= 0.3 is 0 Å². The third-order valence-corrected chi connectivity index (χ3v) is 4.56. The molecule has 0 aliphatic rings. The van der Waals surface area contributed by atoms with E-state index >= 15 is 0 Å². The van der Waals surface area contributed by atoms with Crippen molar-refractivity contribution in [1.29, 1.82) is 0 Å². The fraction of sp³-hybridized carbons (Fsp3) is 0.100. The molecule has 132 valence electrons. The molecular formula is C20H18N2O3S. The number of nitrogens with one attached hydrogen (secondary N) is 2. The standard InChI is InChI=1S/C20H18N2O3S/c1-25-15-7-4-6-14(12-15)21-20(24)17-9-2-3-10-18(17)22-19(23)13-16-8-5-11-26-16/h2-12H,13H2,1H3,(H,21,24)(H,22,23). The van der Waals surface area contributed by atoms with Gasteiger partial charge in [0.15, 0.2) is 0 Å². The predicted molar refractivity (Wildman–Crippen MR) is 104 cm³/mol. The minimum atomic E-state index is -0.301. The molecule has 2 aromatic carbocycles. The molecule has 0 spiro atoms. The lowest BCUT2D eigenvalue weighted by atomic mass is 10.1. The summed E-state index contributed by atoms with van der Waals surface area (Å²) in [6, 6.07) is 17.8. The molecule has 0 fully saturated rings.